The van der Waals surface area contributed by atoms with Crippen LogP contribution in [-0.4, -0.2) is 30.9 Å². The molecule has 0 spiro atoms. The van der Waals surface area contributed by atoms with Gasteiger partial charge in [0.2, 0.25) is 5.91 Å². The Labute approximate surface area is 151 Å². The number of nitrogens with two attached hydrogens (primary N) is 1. The summed E-state index contributed by atoms with van der Waals surface area (Å²) in [4.78, 5) is 16.5. The van der Waals surface area contributed by atoms with E-state index in [9.17, 15) is 4.79 Å². The Balaban J connectivity index is 1.59. The first-order valence-corrected chi connectivity index (χ1v) is 8.48. The lowest BCUT2D eigenvalue weighted by molar-refractivity contribution is -0.116. The average Bonchev–Trinajstić information content (AvgIpc) is 3.19. The first kappa shape index (κ1) is 17.8. The Morgan fingerprint density at radius 3 is 2.58 bits per heavy atom. The summed E-state index contributed by atoms with van der Waals surface area (Å²) < 4.78 is 1.85. The van der Waals surface area contributed by atoms with Crippen LogP contribution in [-0.2, 0) is 24.8 Å². The molecule has 0 unspecified atom stereocenters. The zero-order chi connectivity index (χ0) is 18.7. The zero-order valence-electron chi connectivity index (χ0n) is 15.2. The van der Waals surface area contributed by atoms with Crippen molar-refractivity contribution in [1.29, 1.82) is 0 Å². The Bertz CT molecular complexity index is 908. The molecular weight excluding hydrogens is 330 g/mol. The van der Waals surface area contributed by atoms with Gasteiger partial charge >= 0.3 is 0 Å². The van der Waals surface area contributed by atoms with Gasteiger partial charge in [0.1, 0.15) is 5.82 Å². The van der Waals surface area contributed by atoms with Crippen molar-refractivity contribution in [3.8, 4) is 11.4 Å². The number of hydrogen-bond donors (Lipinski definition) is 3. The summed E-state index contributed by atoms with van der Waals surface area (Å²) in [6.45, 7) is 4.31. The molecule has 0 radical (unpaired) electrons. The van der Waals surface area contributed by atoms with Crippen LogP contribution in [0.2, 0.25) is 0 Å². The number of rotatable bonds is 6. The minimum absolute atomic E-state index is 0.0243. The van der Waals surface area contributed by atoms with Crippen LogP contribution < -0.4 is 11.1 Å². The third-order valence-corrected chi connectivity index (χ3v) is 4.41. The fourth-order valence-electron chi connectivity index (χ4n) is 2.86. The zero-order valence-corrected chi connectivity index (χ0v) is 15.2. The van der Waals surface area contributed by atoms with Crippen LogP contribution in [0.4, 0.5) is 5.69 Å². The number of benzene rings is 1. The Morgan fingerprint density at radius 2 is 2.00 bits per heavy atom. The standard InChI is InChI=1S/C18H23N7O/c1-11-15(12(2)25(3)24-11)8-9-17(26)20-14-6-4-13(5-7-14)18-21-16(10-19)22-23-18/h4-7H,8-10,19H2,1-3H3,(H,20,26)(H,21,22,23). The highest BCUT2D eigenvalue weighted by atomic mass is 16.1. The molecule has 8 heteroatoms. The van der Waals surface area contributed by atoms with E-state index in [1.165, 1.54) is 0 Å². The molecule has 3 aromatic rings. The van der Waals surface area contributed by atoms with Gasteiger partial charge in [-0.1, -0.05) is 0 Å². The number of aromatic amines is 1. The highest BCUT2D eigenvalue weighted by molar-refractivity contribution is 5.91. The van der Waals surface area contributed by atoms with Crippen molar-refractivity contribution in [2.75, 3.05) is 5.32 Å². The summed E-state index contributed by atoms with van der Waals surface area (Å²) in [5.41, 5.74) is 10.3. The van der Waals surface area contributed by atoms with Crippen LogP contribution in [0.3, 0.4) is 0 Å². The third-order valence-electron chi connectivity index (χ3n) is 4.41. The molecule has 26 heavy (non-hydrogen) atoms. The van der Waals surface area contributed by atoms with Crippen molar-refractivity contribution in [3.63, 3.8) is 0 Å². The van der Waals surface area contributed by atoms with E-state index < -0.39 is 0 Å². The van der Waals surface area contributed by atoms with Gasteiger partial charge in [-0.3, -0.25) is 14.6 Å². The van der Waals surface area contributed by atoms with Gasteiger partial charge in [-0.05, 0) is 50.1 Å². The lowest BCUT2D eigenvalue weighted by Crippen LogP contribution is -2.12. The quantitative estimate of drug-likeness (QED) is 0.626. The van der Waals surface area contributed by atoms with E-state index >= 15 is 0 Å². The van der Waals surface area contributed by atoms with Gasteiger partial charge in [0, 0.05) is 30.4 Å². The molecule has 0 saturated carbocycles. The molecule has 4 N–H and O–H groups in total. The predicted octanol–water partition coefficient (Wildman–Crippen LogP) is 1.85. The van der Waals surface area contributed by atoms with Crippen LogP contribution in [0.25, 0.3) is 11.4 Å². The molecule has 2 aromatic heterocycles. The van der Waals surface area contributed by atoms with Crippen LogP contribution in [0, 0.1) is 13.8 Å². The summed E-state index contributed by atoms with van der Waals surface area (Å²) in [5, 5.41) is 14.2. The second-order valence-electron chi connectivity index (χ2n) is 6.21. The van der Waals surface area contributed by atoms with E-state index in [4.69, 9.17) is 5.73 Å². The number of nitrogens with zero attached hydrogens (tertiary/aromatic N) is 4. The molecule has 0 atom stereocenters. The Morgan fingerprint density at radius 1 is 1.27 bits per heavy atom. The van der Waals surface area contributed by atoms with Crippen LogP contribution in [0.1, 0.15) is 29.2 Å². The maximum atomic E-state index is 12.2. The molecule has 0 aliphatic carbocycles. The third kappa shape index (κ3) is 3.80. The van der Waals surface area contributed by atoms with Crippen molar-refractivity contribution >= 4 is 11.6 Å². The number of carbonyl (C=O) groups excluding carboxylic acids is 1. The molecule has 2 heterocycles. The van der Waals surface area contributed by atoms with E-state index in [-0.39, 0.29) is 5.91 Å². The smallest absolute Gasteiger partial charge is 0.224 e. The molecule has 0 bridgehead atoms. The second-order valence-corrected chi connectivity index (χ2v) is 6.21. The van der Waals surface area contributed by atoms with E-state index in [0.29, 0.717) is 31.0 Å². The van der Waals surface area contributed by atoms with E-state index in [2.05, 4.69) is 25.6 Å². The fourth-order valence-corrected chi connectivity index (χ4v) is 2.86. The average molecular weight is 353 g/mol. The van der Waals surface area contributed by atoms with Gasteiger partial charge in [-0.2, -0.15) is 10.2 Å². The van der Waals surface area contributed by atoms with Crippen molar-refractivity contribution in [3.05, 3.63) is 47.0 Å². The molecule has 1 amide bonds. The number of aryl methyl sites for hydroxylation is 2. The SMILES string of the molecule is Cc1nn(C)c(C)c1CCC(=O)Nc1ccc(-c2n[nH]c(CN)n2)cc1. The van der Waals surface area contributed by atoms with Crippen molar-refractivity contribution in [2.45, 2.75) is 33.2 Å². The molecular formula is C18H23N7O. The molecule has 3 rings (SSSR count). The first-order chi connectivity index (χ1) is 12.5. The number of hydrogen-bond acceptors (Lipinski definition) is 5. The summed E-state index contributed by atoms with van der Waals surface area (Å²) in [7, 11) is 1.91. The molecule has 0 fully saturated rings. The topological polar surface area (TPSA) is 115 Å². The maximum absolute atomic E-state index is 12.2. The molecule has 1 aromatic carbocycles. The molecule has 136 valence electrons. The van der Waals surface area contributed by atoms with E-state index in [0.717, 1.165) is 28.2 Å². The Kier molecular flexibility index (Phi) is 5.13. The van der Waals surface area contributed by atoms with Gasteiger partial charge in [-0.15, -0.1) is 0 Å². The van der Waals surface area contributed by atoms with Gasteiger partial charge in [0.05, 0.1) is 12.2 Å². The maximum Gasteiger partial charge on any atom is 0.224 e. The minimum Gasteiger partial charge on any atom is -0.326 e. The summed E-state index contributed by atoms with van der Waals surface area (Å²) in [6.07, 6.45) is 1.09. The van der Waals surface area contributed by atoms with Gasteiger partial charge < -0.3 is 11.1 Å². The summed E-state index contributed by atoms with van der Waals surface area (Å²) in [5.74, 6) is 1.20. The lowest BCUT2D eigenvalue weighted by atomic mass is 10.1. The van der Waals surface area contributed by atoms with Crippen LogP contribution in [0.15, 0.2) is 24.3 Å². The van der Waals surface area contributed by atoms with Crippen molar-refractivity contribution in [2.24, 2.45) is 12.8 Å². The normalized spacial score (nSPS) is 10.9. The summed E-state index contributed by atoms with van der Waals surface area (Å²) in [6, 6.07) is 7.42. The second kappa shape index (κ2) is 7.49. The monoisotopic (exact) mass is 353 g/mol. The molecule has 0 saturated heterocycles. The summed E-state index contributed by atoms with van der Waals surface area (Å²) >= 11 is 0. The van der Waals surface area contributed by atoms with Crippen LogP contribution >= 0.6 is 0 Å². The number of H-pyrrole nitrogens is 1. The Hall–Kier alpha value is -3.00. The van der Waals surface area contributed by atoms with Crippen molar-refractivity contribution in [1.82, 2.24) is 25.0 Å². The number of anilines is 1. The highest BCUT2D eigenvalue weighted by Crippen LogP contribution is 2.19. The van der Waals surface area contributed by atoms with Gasteiger partial charge in [-0.25, -0.2) is 4.98 Å². The molecule has 0 aliphatic rings. The number of amides is 1. The molecule has 0 aliphatic heterocycles. The largest absolute Gasteiger partial charge is 0.326 e. The fraction of sp³-hybridized carbons (Fsp3) is 0.333. The van der Waals surface area contributed by atoms with E-state index in [1.807, 2.05) is 49.8 Å². The van der Waals surface area contributed by atoms with Crippen molar-refractivity contribution < 1.29 is 4.79 Å². The van der Waals surface area contributed by atoms with E-state index in [1.54, 1.807) is 0 Å². The lowest BCUT2D eigenvalue weighted by Gasteiger charge is -2.06. The van der Waals surface area contributed by atoms with Gasteiger partial charge in [0.15, 0.2) is 5.82 Å². The van der Waals surface area contributed by atoms with Gasteiger partial charge in [0.25, 0.3) is 0 Å². The highest BCUT2D eigenvalue weighted by Gasteiger charge is 2.12. The predicted molar refractivity (Wildman–Crippen MR) is 99.3 cm³/mol. The minimum atomic E-state index is -0.0243. The number of carbonyl (C=O) groups is 1. The van der Waals surface area contributed by atoms with Crippen LogP contribution in [0.5, 0.6) is 0 Å². The number of nitrogens with one attached hydrogen (secondary N) is 2. The number of aromatic nitrogens is 5. The molecule has 8 nitrogen and oxygen atoms in total. The first-order valence-electron chi connectivity index (χ1n) is 8.48.